The number of hydrogen-bond acceptors (Lipinski definition) is 1. The number of nitrogens with zero attached hydrogens (tertiary/aromatic N) is 2. The van der Waals surface area contributed by atoms with Gasteiger partial charge < -0.3 is 15.4 Å². The molecule has 0 aliphatic heterocycles. The van der Waals surface area contributed by atoms with Gasteiger partial charge in [-0.2, -0.15) is 0 Å². The normalized spacial score (nSPS) is 4.70. The molecule has 0 aromatic rings. The molecule has 0 atom stereocenters. The predicted molar refractivity (Wildman–Crippen MR) is 39.0 cm³/mol. The zero-order valence-electron chi connectivity index (χ0n) is 5.54. The van der Waals surface area contributed by atoms with E-state index in [1.807, 2.05) is 0 Å². The molecular formula is C6H10N2O2. The van der Waals surface area contributed by atoms with Crippen LogP contribution in [0.4, 0.5) is 0 Å². The Labute approximate surface area is 60.4 Å². The lowest BCUT2D eigenvalue weighted by atomic mass is 10.7. The molecule has 0 saturated heterocycles. The Morgan fingerprint density at radius 1 is 1.50 bits per heavy atom. The molecule has 0 bridgehead atoms. The number of rotatable bonds is 1. The first-order chi connectivity index (χ1) is 4.33. The molecule has 0 aromatic heterocycles. The van der Waals surface area contributed by atoms with Crippen LogP contribution in [-0.4, -0.2) is 23.7 Å². The lowest BCUT2D eigenvalue weighted by Gasteiger charge is -1.66. The summed E-state index contributed by atoms with van der Waals surface area (Å²) in [5.41, 5.74) is 0. The Morgan fingerprint density at radius 2 is 1.90 bits per heavy atom. The van der Waals surface area contributed by atoms with E-state index in [9.17, 15) is 0 Å². The summed E-state index contributed by atoms with van der Waals surface area (Å²) in [5.74, 6) is 0. The average molecular weight is 142 g/mol. The van der Waals surface area contributed by atoms with Crippen LogP contribution in [0.2, 0.25) is 0 Å². The van der Waals surface area contributed by atoms with Gasteiger partial charge in [0.2, 0.25) is 6.54 Å². The van der Waals surface area contributed by atoms with Gasteiger partial charge in [0.25, 0.3) is 0 Å². The maximum atomic E-state index is 7.85. The zero-order valence-corrected chi connectivity index (χ0v) is 5.54. The Balaban J connectivity index is -0.0000000910. The van der Waals surface area contributed by atoms with Gasteiger partial charge >= 0.3 is 0 Å². The van der Waals surface area contributed by atoms with Crippen LogP contribution < -0.4 is 0 Å². The fraction of sp³-hybridized carbons (Fsp3) is 0.333. The van der Waals surface area contributed by atoms with E-state index in [0.717, 1.165) is 0 Å². The van der Waals surface area contributed by atoms with E-state index >= 15 is 0 Å². The summed E-state index contributed by atoms with van der Waals surface area (Å²) in [7, 11) is 0. The molecule has 0 radical (unpaired) electrons. The smallest absolute Gasteiger partial charge is 0.237 e. The van der Waals surface area contributed by atoms with Crippen LogP contribution in [0.3, 0.4) is 0 Å². The minimum absolute atomic E-state index is 0. The largest absolute Gasteiger partial charge is 0.412 e. The van der Waals surface area contributed by atoms with Crippen molar-refractivity contribution in [2.45, 2.75) is 0 Å². The van der Waals surface area contributed by atoms with Crippen LogP contribution in [0.25, 0.3) is 9.69 Å². The number of aliphatic hydroxyl groups is 1. The molecule has 0 unspecified atom stereocenters. The third-order valence-electron chi connectivity index (χ3n) is 0.303. The van der Waals surface area contributed by atoms with Gasteiger partial charge in [0.15, 0.2) is 0 Å². The van der Waals surface area contributed by atoms with Crippen LogP contribution >= 0.6 is 0 Å². The summed E-state index contributed by atoms with van der Waals surface area (Å²) in [4.78, 5) is 5.60. The molecule has 0 saturated carbocycles. The first kappa shape index (κ1) is 15.9. The highest BCUT2D eigenvalue weighted by Gasteiger charge is 1.69. The zero-order chi connectivity index (χ0) is 7.54. The van der Waals surface area contributed by atoms with E-state index in [-0.39, 0.29) is 18.6 Å². The highest BCUT2D eigenvalue weighted by atomic mass is 16.3. The van der Waals surface area contributed by atoms with Crippen molar-refractivity contribution in [3.63, 3.8) is 0 Å². The van der Waals surface area contributed by atoms with Crippen molar-refractivity contribution in [2.24, 2.45) is 0 Å². The highest BCUT2D eigenvalue weighted by molar-refractivity contribution is 4.76. The summed E-state index contributed by atoms with van der Waals surface area (Å²) < 4.78 is 0. The van der Waals surface area contributed by atoms with Crippen LogP contribution in [0.1, 0.15) is 0 Å². The van der Waals surface area contributed by atoms with Crippen molar-refractivity contribution >= 4 is 0 Å². The van der Waals surface area contributed by atoms with Crippen molar-refractivity contribution in [3.8, 4) is 0 Å². The topological polar surface area (TPSA) is 60.5 Å². The second-order valence-corrected chi connectivity index (χ2v) is 0.917. The number of hydrogen-bond donors (Lipinski definition) is 1. The first-order valence-electron chi connectivity index (χ1n) is 2.25. The van der Waals surface area contributed by atoms with Crippen LogP contribution in [0.5, 0.6) is 0 Å². The quantitative estimate of drug-likeness (QED) is 0.519. The van der Waals surface area contributed by atoms with E-state index in [0.29, 0.717) is 0 Å². The number of aliphatic hydroxyl groups excluding tert-OH is 1. The fourth-order valence-corrected chi connectivity index (χ4v) is 0.0500. The summed E-state index contributed by atoms with van der Waals surface area (Å²) >= 11 is 0. The molecule has 0 spiro atoms. The second kappa shape index (κ2) is 25.4. The van der Waals surface area contributed by atoms with Gasteiger partial charge in [0.05, 0.1) is 6.57 Å². The fourth-order valence-electron chi connectivity index (χ4n) is 0.0500. The van der Waals surface area contributed by atoms with E-state index in [2.05, 4.69) is 16.3 Å². The Kier molecular flexibility index (Phi) is 40.3. The third-order valence-corrected chi connectivity index (χ3v) is 0.303. The molecule has 0 fully saturated rings. The molecule has 0 aliphatic carbocycles. The molecule has 0 amide bonds. The third kappa shape index (κ3) is 78.5. The Morgan fingerprint density at radius 3 is 1.90 bits per heavy atom. The second-order valence-electron chi connectivity index (χ2n) is 0.917. The van der Waals surface area contributed by atoms with Gasteiger partial charge in [0, 0.05) is 0 Å². The lowest BCUT2D eigenvalue weighted by Crippen LogP contribution is -1.80. The van der Waals surface area contributed by atoms with E-state index in [4.69, 9.17) is 18.3 Å². The van der Waals surface area contributed by atoms with Crippen molar-refractivity contribution in [3.05, 3.63) is 35.6 Å². The molecule has 56 valence electrons. The van der Waals surface area contributed by atoms with Crippen LogP contribution in [0.15, 0.2) is 12.8 Å². The molecule has 0 rings (SSSR count). The van der Waals surface area contributed by atoms with Crippen molar-refractivity contribution < 1.29 is 10.6 Å². The van der Waals surface area contributed by atoms with E-state index in [1.54, 1.807) is 0 Å². The van der Waals surface area contributed by atoms with Crippen molar-refractivity contribution in [2.75, 3.05) is 13.2 Å². The van der Waals surface area contributed by atoms with E-state index in [1.165, 1.54) is 6.20 Å². The predicted octanol–water partition coefficient (Wildman–Crippen LogP) is 0.122. The first-order valence-corrected chi connectivity index (χ1v) is 2.25. The van der Waals surface area contributed by atoms with E-state index < -0.39 is 0 Å². The SMILES string of the molecule is O.[C-]#[N+]C=C.[C-]#[N+]CCO. The summed E-state index contributed by atoms with van der Waals surface area (Å²) in [6.07, 6.45) is 1.17. The molecular weight excluding hydrogens is 132 g/mol. The van der Waals surface area contributed by atoms with Gasteiger partial charge in [-0.3, -0.25) is 0 Å². The molecule has 0 heterocycles. The lowest BCUT2D eigenvalue weighted by molar-refractivity contribution is 0.314. The van der Waals surface area contributed by atoms with Crippen molar-refractivity contribution in [1.82, 2.24) is 0 Å². The standard InChI is InChI=1S/C3H5NO.C3H3N.H2O/c1-4-2-3-5;1-3-4-2;/h5H,2-3H2;3H,1H2;1H2. The van der Waals surface area contributed by atoms with Gasteiger partial charge in [-0.15, -0.1) is 6.58 Å². The Hall–Kier alpha value is -1.36. The summed E-state index contributed by atoms with van der Waals surface area (Å²) in [5, 5.41) is 7.85. The summed E-state index contributed by atoms with van der Waals surface area (Å²) in [6.45, 7) is 15.4. The van der Waals surface area contributed by atoms with Gasteiger partial charge in [-0.05, 0) is 0 Å². The highest BCUT2D eigenvalue weighted by Crippen LogP contribution is 1.57. The van der Waals surface area contributed by atoms with Gasteiger partial charge in [-0.1, -0.05) is 0 Å². The minimum atomic E-state index is -0.0104. The Bertz CT molecular complexity index is 132. The molecule has 3 N–H and O–H groups in total. The molecule has 10 heavy (non-hydrogen) atoms. The minimum Gasteiger partial charge on any atom is -0.412 e. The van der Waals surface area contributed by atoms with Crippen molar-refractivity contribution in [1.29, 1.82) is 0 Å². The maximum absolute atomic E-state index is 7.85. The average Bonchev–Trinajstić information content (AvgIpc) is 1.91. The molecule has 0 aliphatic rings. The van der Waals surface area contributed by atoms with Gasteiger partial charge in [-0.25, -0.2) is 11.4 Å². The van der Waals surface area contributed by atoms with Crippen LogP contribution in [0, 0.1) is 13.1 Å². The summed E-state index contributed by atoms with van der Waals surface area (Å²) in [6, 6.07) is 0. The molecule has 4 nitrogen and oxygen atoms in total. The maximum Gasteiger partial charge on any atom is 0.237 e. The van der Waals surface area contributed by atoms with Gasteiger partial charge in [0.1, 0.15) is 12.8 Å². The van der Waals surface area contributed by atoms with Crippen LogP contribution in [-0.2, 0) is 0 Å². The molecule has 0 aromatic carbocycles. The molecule has 4 heteroatoms. The monoisotopic (exact) mass is 142 g/mol.